The van der Waals surface area contributed by atoms with Crippen molar-refractivity contribution in [2.24, 2.45) is 5.73 Å². The highest BCUT2D eigenvalue weighted by atomic mass is 32.2. The third kappa shape index (κ3) is 4.57. The molecule has 1 aliphatic rings. The van der Waals surface area contributed by atoms with Crippen LogP contribution in [0.25, 0.3) is 5.65 Å². The number of benzene rings is 1. The molecular weight excluding hydrogens is 426 g/mol. The molecule has 1 aromatic carbocycles. The minimum atomic E-state index is -3.47. The van der Waals surface area contributed by atoms with Gasteiger partial charge in [0, 0.05) is 43.5 Å². The zero-order valence-corrected chi connectivity index (χ0v) is 19.6. The van der Waals surface area contributed by atoms with E-state index in [9.17, 15) is 8.42 Å². The van der Waals surface area contributed by atoms with Crippen molar-refractivity contribution in [1.82, 2.24) is 18.9 Å². The van der Waals surface area contributed by atoms with E-state index in [1.165, 1.54) is 18.4 Å². The van der Waals surface area contributed by atoms with Gasteiger partial charge >= 0.3 is 0 Å². The number of aromatic nitrogens is 3. The summed E-state index contributed by atoms with van der Waals surface area (Å²) in [7, 11) is -0.428. The largest absolute Gasteiger partial charge is 0.367 e. The van der Waals surface area contributed by atoms with Crippen LogP contribution in [0.2, 0.25) is 0 Å². The summed E-state index contributed by atoms with van der Waals surface area (Å²) >= 11 is 0. The van der Waals surface area contributed by atoms with Gasteiger partial charge in [0.1, 0.15) is 11.6 Å². The molecule has 32 heavy (non-hydrogen) atoms. The smallest absolute Gasteiger partial charge is 0.242 e. The first-order chi connectivity index (χ1) is 15.3. The number of fused-ring (bicyclic) bond motifs is 1. The van der Waals surface area contributed by atoms with E-state index in [1.807, 2.05) is 12.3 Å². The average molecular weight is 458 g/mol. The van der Waals surface area contributed by atoms with Gasteiger partial charge in [0.05, 0.1) is 11.1 Å². The number of aryl methyl sites for hydroxylation is 1. The van der Waals surface area contributed by atoms with Crippen LogP contribution in [0.4, 0.5) is 17.3 Å². The molecule has 4 rings (SSSR count). The first-order valence-electron chi connectivity index (χ1n) is 11.0. The predicted octanol–water partition coefficient (Wildman–Crippen LogP) is 2.97. The molecule has 0 amide bonds. The van der Waals surface area contributed by atoms with Crippen molar-refractivity contribution in [3.63, 3.8) is 0 Å². The lowest BCUT2D eigenvalue weighted by atomic mass is 9.92. The number of hydrogen-bond acceptors (Lipinski definition) is 7. The highest BCUT2D eigenvalue weighted by molar-refractivity contribution is 7.89. The van der Waals surface area contributed by atoms with Crippen LogP contribution in [-0.2, 0) is 16.4 Å². The lowest BCUT2D eigenvalue weighted by Crippen LogP contribution is -2.33. The fourth-order valence-corrected chi connectivity index (χ4v) is 4.86. The molecule has 1 fully saturated rings. The van der Waals surface area contributed by atoms with Gasteiger partial charge in [-0.2, -0.15) is 9.61 Å². The number of anilines is 3. The van der Waals surface area contributed by atoms with Crippen molar-refractivity contribution in [2.45, 2.75) is 56.0 Å². The molecule has 0 saturated heterocycles. The van der Waals surface area contributed by atoms with Crippen molar-refractivity contribution in [2.75, 3.05) is 24.7 Å². The maximum atomic E-state index is 12.3. The number of hydrogen-bond donors (Lipinski definition) is 3. The molecule has 0 radical (unpaired) electrons. The molecule has 172 valence electrons. The third-order valence-corrected chi connectivity index (χ3v) is 7.78. The molecule has 2 heterocycles. The molecule has 2 aromatic heterocycles. The van der Waals surface area contributed by atoms with Gasteiger partial charge in [-0.15, -0.1) is 0 Å². The Kier molecular flexibility index (Phi) is 6.36. The van der Waals surface area contributed by atoms with Crippen molar-refractivity contribution in [1.29, 1.82) is 0 Å². The first kappa shape index (κ1) is 22.5. The van der Waals surface area contributed by atoms with Gasteiger partial charge in [-0.05, 0) is 56.4 Å². The number of nitrogens with two attached hydrogens (primary N) is 1. The van der Waals surface area contributed by atoms with E-state index in [0.29, 0.717) is 12.1 Å². The molecule has 10 heteroatoms. The SMILES string of the molecule is CCc1cnn2c(Nc3ccc(S(=O)(=O)N(C)C)cc3)cc(N[C@H]3CC[C@H](N)CC3)nc12. The van der Waals surface area contributed by atoms with Crippen LogP contribution in [0.1, 0.15) is 38.2 Å². The van der Waals surface area contributed by atoms with Gasteiger partial charge in [-0.1, -0.05) is 6.92 Å². The highest BCUT2D eigenvalue weighted by Crippen LogP contribution is 2.26. The van der Waals surface area contributed by atoms with E-state index < -0.39 is 10.0 Å². The minimum Gasteiger partial charge on any atom is -0.367 e. The van der Waals surface area contributed by atoms with E-state index in [2.05, 4.69) is 22.7 Å². The number of nitrogens with zero attached hydrogens (tertiary/aromatic N) is 4. The molecule has 0 bridgehead atoms. The maximum absolute atomic E-state index is 12.3. The van der Waals surface area contributed by atoms with Crippen LogP contribution in [0.15, 0.2) is 41.4 Å². The van der Waals surface area contributed by atoms with Crippen LogP contribution in [0.5, 0.6) is 0 Å². The topological polar surface area (TPSA) is 118 Å². The Balaban J connectivity index is 1.63. The van der Waals surface area contributed by atoms with E-state index in [0.717, 1.165) is 60.6 Å². The van der Waals surface area contributed by atoms with Crippen LogP contribution in [0.3, 0.4) is 0 Å². The van der Waals surface area contributed by atoms with Gasteiger partial charge < -0.3 is 16.4 Å². The fourth-order valence-electron chi connectivity index (χ4n) is 3.96. The van der Waals surface area contributed by atoms with Crippen LogP contribution in [0, 0.1) is 0 Å². The number of rotatable bonds is 7. The Morgan fingerprint density at radius 1 is 1.16 bits per heavy atom. The highest BCUT2D eigenvalue weighted by Gasteiger charge is 2.20. The second kappa shape index (κ2) is 9.05. The molecule has 3 aromatic rings. The summed E-state index contributed by atoms with van der Waals surface area (Å²) in [5.41, 5.74) is 8.68. The molecule has 0 atom stereocenters. The zero-order valence-electron chi connectivity index (χ0n) is 18.7. The van der Waals surface area contributed by atoms with E-state index in [-0.39, 0.29) is 4.90 Å². The summed E-state index contributed by atoms with van der Waals surface area (Å²) < 4.78 is 27.7. The monoisotopic (exact) mass is 457 g/mol. The summed E-state index contributed by atoms with van der Waals surface area (Å²) in [5, 5.41) is 11.4. The molecule has 1 saturated carbocycles. The van der Waals surface area contributed by atoms with Crippen molar-refractivity contribution in [3.8, 4) is 0 Å². The Bertz CT molecular complexity index is 1180. The predicted molar refractivity (Wildman–Crippen MR) is 127 cm³/mol. The van der Waals surface area contributed by atoms with E-state index in [1.54, 1.807) is 28.8 Å². The Hall–Kier alpha value is -2.69. The van der Waals surface area contributed by atoms with Crippen molar-refractivity contribution < 1.29 is 8.42 Å². The van der Waals surface area contributed by atoms with Crippen LogP contribution >= 0.6 is 0 Å². The summed E-state index contributed by atoms with van der Waals surface area (Å²) in [4.78, 5) is 5.07. The van der Waals surface area contributed by atoms with Gasteiger partial charge in [-0.25, -0.2) is 17.7 Å². The first-order valence-corrected chi connectivity index (χ1v) is 12.4. The van der Waals surface area contributed by atoms with Gasteiger partial charge in [0.25, 0.3) is 0 Å². The Morgan fingerprint density at radius 3 is 2.47 bits per heavy atom. The second-order valence-corrected chi connectivity index (χ2v) is 10.6. The summed E-state index contributed by atoms with van der Waals surface area (Å²) in [6, 6.07) is 9.29. The van der Waals surface area contributed by atoms with Crippen LogP contribution < -0.4 is 16.4 Å². The molecule has 0 spiro atoms. The lowest BCUT2D eigenvalue weighted by molar-refractivity contribution is 0.410. The van der Waals surface area contributed by atoms with E-state index >= 15 is 0 Å². The second-order valence-electron chi connectivity index (χ2n) is 8.48. The third-order valence-electron chi connectivity index (χ3n) is 5.95. The fraction of sp³-hybridized carbons (Fsp3) is 0.455. The Morgan fingerprint density at radius 2 is 1.84 bits per heavy atom. The average Bonchev–Trinajstić information content (AvgIpc) is 3.19. The summed E-state index contributed by atoms with van der Waals surface area (Å²) in [6.45, 7) is 2.08. The lowest BCUT2D eigenvalue weighted by Gasteiger charge is -2.27. The normalized spacial score (nSPS) is 19.4. The quantitative estimate of drug-likeness (QED) is 0.499. The summed E-state index contributed by atoms with van der Waals surface area (Å²) in [6.07, 6.45) is 6.75. The molecule has 0 unspecified atom stereocenters. The van der Waals surface area contributed by atoms with Crippen LogP contribution in [-0.4, -0.2) is 53.5 Å². The van der Waals surface area contributed by atoms with E-state index in [4.69, 9.17) is 10.7 Å². The summed E-state index contributed by atoms with van der Waals surface area (Å²) in [5.74, 6) is 1.55. The van der Waals surface area contributed by atoms with Crippen molar-refractivity contribution in [3.05, 3.63) is 42.1 Å². The van der Waals surface area contributed by atoms with Gasteiger partial charge in [0.15, 0.2) is 5.65 Å². The van der Waals surface area contributed by atoms with Crippen molar-refractivity contribution >= 4 is 33.0 Å². The molecule has 1 aliphatic carbocycles. The van der Waals surface area contributed by atoms with Gasteiger partial charge in [0.2, 0.25) is 10.0 Å². The molecule has 0 aliphatic heterocycles. The number of nitrogens with one attached hydrogen (secondary N) is 2. The molecular formula is C22H31N7O2S. The molecule has 4 N–H and O–H groups in total. The Labute approximate surface area is 189 Å². The standard InChI is InChI=1S/C22H31N7O2S/c1-4-15-14-24-29-21(26-18-9-11-19(12-10-18)32(30,31)28(2)3)13-20(27-22(15)29)25-17-7-5-16(23)6-8-17/h9-14,16-17,26H,4-8,23H2,1-3H3,(H,25,27)/t16-,17-. The maximum Gasteiger partial charge on any atom is 0.242 e. The van der Waals surface area contributed by atoms with Gasteiger partial charge in [-0.3, -0.25) is 0 Å². The molecule has 9 nitrogen and oxygen atoms in total. The number of sulfonamides is 1. The minimum absolute atomic E-state index is 0.248. The zero-order chi connectivity index (χ0) is 22.9.